The number of hydrogen-bond donors (Lipinski definition) is 0. The van der Waals surface area contributed by atoms with E-state index in [4.69, 9.17) is 4.74 Å². The summed E-state index contributed by atoms with van der Waals surface area (Å²) in [5.41, 5.74) is -0.177. The second-order valence-electron chi connectivity index (χ2n) is 4.33. The Hall–Kier alpha value is -2.00. The van der Waals surface area contributed by atoms with Crippen LogP contribution in [0, 0.1) is 0 Å². The molecular formula is C14H7BrF3N3OS. The molecule has 1 aromatic carbocycles. The Morgan fingerprint density at radius 3 is 2.30 bits per heavy atom. The highest BCUT2D eigenvalue weighted by Gasteiger charge is 2.31. The zero-order valence-electron chi connectivity index (χ0n) is 11.2. The number of thiazole rings is 1. The molecule has 0 N–H and O–H groups in total. The average molecular weight is 402 g/mol. The van der Waals surface area contributed by atoms with Gasteiger partial charge in [0.1, 0.15) is 5.75 Å². The third-order valence-corrected chi connectivity index (χ3v) is 4.30. The Balaban J connectivity index is 1.89. The highest BCUT2D eigenvalue weighted by atomic mass is 79.9. The summed E-state index contributed by atoms with van der Waals surface area (Å²) in [6.07, 6.45) is -1.43. The maximum Gasteiger partial charge on any atom is 0.419 e. The first-order valence-electron chi connectivity index (χ1n) is 6.21. The van der Waals surface area contributed by atoms with Crippen LogP contribution in [0.15, 0.2) is 46.8 Å². The zero-order chi connectivity index (χ0) is 16.4. The van der Waals surface area contributed by atoms with Crippen LogP contribution in [0.2, 0.25) is 0 Å². The van der Waals surface area contributed by atoms with Gasteiger partial charge in [-0.25, -0.2) is 15.0 Å². The Bertz CT molecular complexity index is 821. The molecule has 0 amide bonds. The molecule has 0 radical (unpaired) electrons. The van der Waals surface area contributed by atoms with Gasteiger partial charge < -0.3 is 4.74 Å². The van der Waals surface area contributed by atoms with Crippen molar-refractivity contribution in [2.24, 2.45) is 0 Å². The molecular weight excluding hydrogens is 395 g/mol. The van der Waals surface area contributed by atoms with Gasteiger partial charge in [0.25, 0.3) is 0 Å². The molecule has 0 saturated heterocycles. The molecule has 0 bridgehead atoms. The third-order valence-electron chi connectivity index (χ3n) is 2.79. The summed E-state index contributed by atoms with van der Waals surface area (Å²) in [5.74, 6) is 0.434. The summed E-state index contributed by atoms with van der Waals surface area (Å²) in [6, 6.07) is 6.92. The van der Waals surface area contributed by atoms with Crippen LogP contribution in [0.3, 0.4) is 0 Å². The van der Waals surface area contributed by atoms with Crippen LogP contribution in [0.5, 0.6) is 11.8 Å². The molecule has 4 nitrogen and oxygen atoms in total. The summed E-state index contributed by atoms with van der Waals surface area (Å²) in [6.45, 7) is 0. The van der Waals surface area contributed by atoms with Gasteiger partial charge in [0.15, 0.2) is 3.92 Å². The van der Waals surface area contributed by atoms with Gasteiger partial charge in [-0.05, 0) is 28.1 Å². The fourth-order valence-electron chi connectivity index (χ4n) is 1.75. The van der Waals surface area contributed by atoms with Crippen LogP contribution < -0.4 is 4.74 Å². The molecule has 3 aromatic rings. The standard InChI is InChI=1S/C14H7BrF3N3OS/c15-12-19-7-11(23-12)9-3-1-2-4-10(9)22-13-20-5-8(6-21-13)14(16,17)18/h1-7H. The number of ether oxygens (including phenoxy) is 1. The van der Waals surface area contributed by atoms with Gasteiger partial charge in [0, 0.05) is 24.2 Å². The second kappa shape index (κ2) is 6.25. The Labute approximate surface area is 141 Å². The van der Waals surface area contributed by atoms with Crippen molar-refractivity contribution in [1.29, 1.82) is 0 Å². The number of alkyl halides is 3. The minimum absolute atomic E-state index is 0.158. The second-order valence-corrected chi connectivity index (χ2v) is 6.63. The normalized spacial score (nSPS) is 11.5. The van der Waals surface area contributed by atoms with Crippen molar-refractivity contribution in [2.75, 3.05) is 0 Å². The maximum atomic E-state index is 12.5. The van der Waals surface area contributed by atoms with Crippen LogP contribution in [-0.2, 0) is 6.18 Å². The quantitative estimate of drug-likeness (QED) is 0.606. The summed E-state index contributed by atoms with van der Waals surface area (Å²) < 4.78 is 43.7. The largest absolute Gasteiger partial charge is 0.424 e. The molecule has 3 rings (SSSR count). The summed E-state index contributed by atoms with van der Waals surface area (Å²) >= 11 is 4.69. The first-order valence-corrected chi connectivity index (χ1v) is 7.82. The van der Waals surface area contributed by atoms with Crippen LogP contribution in [-0.4, -0.2) is 15.0 Å². The van der Waals surface area contributed by atoms with Gasteiger partial charge in [0.2, 0.25) is 0 Å². The number of aromatic nitrogens is 3. The molecule has 2 aromatic heterocycles. The highest BCUT2D eigenvalue weighted by molar-refractivity contribution is 9.11. The number of nitrogens with zero attached hydrogens (tertiary/aromatic N) is 3. The van der Waals surface area contributed by atoms with E-state index in [1.165, 1.54) is 11.3 Å². The molecule has 0 aliphatic heterocycles. The van der Waals surface area contributed by atoms with Gasteiger partial charge in [-0.15, -0.1) is 11.3 Å². The molecule has 0 spiro atoms. The highest BCUT2D eigenvalue weighted by Crippen LogP contribution is 2.37. The van der Waals surface area contributed by atoms with E-state index in [9.17, 15) is 13.2 Å². The molecule has 0 atom stereocenters. The Morgan fingerprint density at radius 2 is 1.70 bits per heavy atom. The topological polar surface area (TPSA) is 47.9 Å². The van der Waals surface area contributed by atoms with E-state index in [-0.39, 0.29) is 6.01 Å². The predicted octanol–water partition coefficient (Wildman–Crippen LogP) is 5.17. The SMILES string of the molecule is FC(F)(F)c1cnc(Oc2ccccc2-c2cnc(Br)s2)nc1. The summed E-state index contributed by atoms with van der Waals surface area (Å²) in [4.78, 5) is 12.2. The fourth-order valence-corrected chi connectivity index (χ4v) is 3.05. The molecule has 118 valence electrons. The van der Waals surface area contributed by atoms with Crippen molar-refractivity contribution >= 4 is 27.3 Å². The van der Waals surface area contributed by atoms with Crippen molar-refractivity contribution < 1.29 is 17.9 Å². The van der Waals surface area contributed by atoms with Crippen LogP contribution in [0.4, 0.5) is 13.2 Å². The molecule has 0 saturated carbocycles. The monoisotopic (exact) mass is 401 g/mol. The molecule has 23 heavy (non-hydrogen) atoms. The first kappa shape index (κ1) is 15.9. The lowest BCUT2D eigenvalue weighted by Gasteiger charge is -2.09. The van der Waals surface area contributed by atoms with E-state index in [2.05, 4.69) is 30.9 Å². The Morgan fingerprint density at radius 1 is 1.00 bits per heavy atom. The van der Waals surface area contributed by atoms with Crippen LogP contribution in [0.1, 0.15) is 5.56 Å². The van der Waals surface area contributed by atoms with Gasteiger partial charge in [-0.1, -0.05) is 12.1 Å². The molecule has 0 unspecified atom stereocenters. The number of rotatable bonds is 3. The average Bonchev–Trinajstić information content (AvgIpc) is 2.94. The number of hydrogen-bond acceptors (Lipinski definition) is 5. The lowest BCUT2D eigenvalue weighted by molar-refractivity contribution is -0.138. The van der Waals surface area contributed by atoms with Crippen molar-refractivity contribution in [1.82, 2.24) is 15.0 Å². The maximum absolute atomic E-state index is 12.5. The molecule has 2 heterocycles. The van der Waals surface area contributed by atoms with Gasteiger partial charge in [-0.3, -0.25) is 0 Å². The number of para-hydroxylation sites is 1. The van der Waals surface area contributed by atoms with E-state index >= 15 is 0 Å². The van der Waals surface area contributed by atoms with E-state index in [1.807, 2.05) is 12.1 Å². The van der Waals surface area contributed by atoms with E-state index in [0.29, 0.717) is 22.1 Å². The van der Waals surface area contributed by atoms with Gasteiger partial charge in [0.05, 0.1) is 10.4 Å². The minimum atomic E-state index is -4.48. The van der Waals surface area contributed by atoms with Crippen LogP contribution in [0.25, 0.3) is 10.4 Å². The molecule has 0 fully saturated rings. The number of halogens is 4. The van der Waals surface area contributed by atoms with Crippen molar-refractivity contribution in [2.45, 2.75) is 6.18 Å². The smallest absolute Gasteiger partial charge is 0.419 e. The first-order chi connectivity index (χ1) is 10.9. The lowest BCUT2D eigenvalue weighted by atomic mass is 10.2. The van der Waals surface area contributed by atoms with Gasteiger partial charge >= 0.3 is 12.2 Å². The van der Waals surface area contributed by atoms with Crippen molar-refractivity contribution in [3.05, 3.63) is 52.3 Å². The van der Waals surface area contributed by atoms with Gasteiger partial charge in [-0.2, -0.15) is 13.2 Å². The zero-order valence-corrected chi connectivity index (χ0v) is 13.6. The predicted molar refractivity (Wildman–Crippen MR) is 82.4 cm³/mol. The molecule has 9 heteroatoms. The third kappa shape index (κ3) is 3.67. The lowest BCUT2D eigenvalue weighted by Crippen LogP contribution is -2.06. The van der Waals surface area contributed by atoms with E-state index in [1.54, 1.807) is 18.3 Å². The summed E-state index contributed by atoms with van der Waals surface area (Å²) in [5, 5.41) is 0. The fraction of sp³-hybridized carbons (Fsp3) is 0.0714. The summed E-state index contributed by atoms with van der Waals surface area (Å²) in [7, 11) is 0. The molecule has 0 aliphatic rings. The van der Waals surface area contributed by atoms with Crippen molar-refractivity contribution in [3.63, 3.8) is 0 Å². The molecule has 0 aliphatic carbocycles. The van der Waals surface area contributed by atoms with Crippen LogP contribution >= 0.6 is 27.3 Å². The van der Waals surface area contributed by atoms with Crippen molar-refractivity contribution in [3.8, 4) is 22.2 Å². The Kier molecular flexibility index (Phi) is 4.31. The van der Waals surface area contributed by atoms with E-state index < -0.39 is 11.7 Å². The minimum Gasteiger partial charge on any atom is -0.424 e. The number of benzene rings is 1. The van der Waals surface area contributed by atoms with E-state index in [0.717, 1.165) is 10.4 Å².